The van der Waals surface area contributed by atoms with Gasteiger partial charge in [0.2, 0.25) is 0 Å². The molecule has 8 saturated carbocycles. The summed E-state index contributed by atoms with van der Waals surface area (Å²) < 4.78 is 13.3. The molecule has 4 N–H and O–H groups in total. The smallest absolute Gasteiger partial charge is 0.331 e. The standard InChI is InChI=1S/C48H66N6O8/c1-43-15-13-37-33(35(43)5-7-39(43)55)23-29(27-51)47(25-31(53-59-21-19-49)11-17-45(37,47)3)61-41(57)9-10-42(58)62-48-26-32(54-60-22-20-50)12-18-46(48,4)38-14-16-44(2)36(6-8-40(44)56)34(38)24-30(48)28-52/h9-10,29-30,33-38H,5-8,11-26,49-50H2,1-4H3/b10-9+,53-31?,54-32?/t29?,30?,33-,34-,35-,36-,37+,38+,43-,44-,45+,46+,47?,48?/m0/s1. The Balaban J connectivity index is 1.09. The number of nitrogens with zero attached hydrogens (tertiary/aromatic N) is 4. The van der Waals surface area contributed by atoms with Gasteiger partial charge in [-0.1, -0.05) is 38.0 Å². The van der Waals surface area contributed by atoms with Gasteiger partial charge in [0.25, 0.3) is 0 Å². The molecule has 0 aromatic heterocycles. The summed E-state index contributed by atoms with van der Waals surface area (Å²) in [5.41, 5.74) is 8.17. The minimum Gasteiger partial charge on any atom is -0.454 e. The van der Waals surface area contributed by atoms with Gasteiger partial charge in [-0.15, -0.1) is 0 Å². The SMILES string of the molecule is C[C@]12CC[C@@H]3[C@@H](CC(C#N)C4(OC(=O)/C=C/C(=O)OC56CC(=NOCCN)CC[C@]5(C)[C@@H]5CC[C@]7(C)C(=O)CC[C@H]7[C@@H]5CC6C#N)CC(=NOCCN)CC[C@]34C)[C@@H]1CCC2=O. The number of rotatable bonds is 10. The fourth-order valence-electron chi connectivity index (χ4n) is 15.6. The third-order valence-corrected chi connectivity index (χ3v) is 18.8. The van der Waals surface area contributed by atoms with Gasteiger partial charge in [0.05, 0.1) is 35.4 Å². The summed E-state index contributed by atoms with van der Waals surface area (Å²) in [5, 5.41) is 30.7. The molecule has 14 atom stereocenters. The molecule has 14 heteroatoms. The van der Waals surface area contributed by atoms with Crippen molar-refractivity contribution in [1.82, 2.24) is 0 Å². The van der Waals surface area contributed by atoms with Crippen molar-refractivity contribution in [2.45, 2.75) is 142 Å². The zero-order valence-corrected chi connectivity index (χ0v) is 37.1. The predicted molar refractivity (Wildman–Crippen MR) is 227 cm³/mol. The maximum Gasteiger partial charge on any atom is 0.331 e. The van der Waals surface area contributed by atoms with Crippen LogP contribution in [0.2, 0.25) is 0 Å². The first-order valence-corrected chi connectivity index (χ1v) is 23.3. The van der Waals surface area contributed by atoms with Crippen molar-refractivity contribution in [3.05, 3.63) is 12.2 Å². The van der Waals surface area contributed by atoms with E-state index in [4.69, 9.17) is 30.6 Å². The molecule has 0 heterocycles. The second-order valence-electron chi connectivity index (χ2n) is 21.1. The number of hydrogen-bond donors (Lipinski definition) is 2. The number of hydrogen-bond acceptors (Lipinski definition) is 14. The van der Waals surface area contributed by atoms with Crippen molar-refractivity contribution in [3.63, 3.8) is 0 Å². The molecule has 0 bridgehead atoms. The number of fused-ring (bicyclic) bond motifs is 10. The quantitative estimate of drug-likeness (QED) is 0.107. The topological polar surface area (TPSA) is 230 Å². The van der Waals surface area contributed by atoms with Crippen LogP contribution in [0.5, 0.6) is 0 Å². The van der Waals surface area contributed by atoms with E-state index in [0.29, 0.717) is 74.4 Å². The number of carbonyl (C=O) groups is 4. The Morgan fingerprint density at radius 3 is 1.42 bits per heavy atom. The Bertz CT molecular complexity index is 1880. The summed E-state index contributed by atoms with van der Waals surface area (Å²) in [6, 6.07) is 5.11. The van der Waals surface area contributed by atoms with Gasteiger partial charge < -0.3 is 30.6 Å². The van der Waals surface area contributed by atoms with Crippen molar-refractivity contribution in [2.24, 2.45) is 90.8 Å². The highest BCUT2D eigenvalue weighted by Crippen LogP contribution is 2.70. The minimum atomic E-state index is -1.27. The number of ketones is 2. The maximum absolute atomic E-state index is 14.3. The summed E-state index contributed by atoms with van der Waals surface area (Å²) in [6.45, 7) is 9.51. The maximum atomic E-state index is 14.3. The molecule has 0 aromatic carbocycles. The van der Waals surface area contributed by atoms with Crippen molar-refractivity contribution in [2.75, 3.05) is 26.3 Å². The monoisotopic (exact) mass is 854 g/mol. The summed E-state index contributed by atoms with van der Waals surface area (Å²) >= 11 is 0. The average Bonchev–Trinajstić information content (AvgIpc) is 3.73. The molecule has 8 fully saturated rings. The van der Waals surface area contributed by atoms with Crippen LogP contribution in [0.3, 0.4) is 0 Å². The van der Waals surface area contributed by atoms with E-state index < -0.39 is 56.6 Å². The molecule has 0 aromatic rings. The van der Waals surface area contributed by atoms with E-state index in [9.17, 15) is 29.7 Å². The van der Waals surface area contributed by atoms with Crippen LogP contribution in [-0.4, -0.2) is 72.4 Å². The van der Waals surface area contributed by atoms with E-state index >= 15 is 0 Å². The van der Waals surface area contributed by atoms with E-state index in [1.54, 1.807) is 0 Å². The fourth-order valence-corrected chi connectivity index (χ4v) is 15.6. The van der Waals surface area contributed by atoms with Crippen LogP contribution >= 0.6 is 0 Å². The normalized spacial score (nSPS) is 45.7. The number of nitrogens with two attached hydrogens (primary N) is 2. The fraction of sp³-hybridized carbons (Fsp3) is 0.792. The third kappa shape index (κ3) is 6.66. The van der Waals surface area contributed by atoms with Gasteiger partial charge in [-0.3, -0.25) is 9.59 Å². The van der Waals surface area contributed by atoms with Crippen LogP contribution in [0, 0.1) is 91.7 Å². The summed E-state index contributed by atoms with van der Waals surface area (Å²) in [5.74, 6) is -1.50. The van der Waals surface area contributed by atoms with Crippen molar-refractivity contribution < 1.29 is 38.3 Å². The second-order valence-corrected chi connectivity index (χ2v) is 21.1. The molecule has 8 aliphatic carbocycles. The molecule has 14 nitrogen and oxygen atoms in total. The molecule has 0 aliphatic heterocycles. The number of ether oxygens (including phenoxy) is 2. The highest BCUT2D eigenvalue weighted by Gasteiger charge is 2.71. The highest BCUT2D eigenvalue weighted by atomic mass is 16.6. The van der Waals surface area contributed by atoms with Gasteiger partial charge >= 0.3 is 11.9 Å². The first-order chi connectivity index (χ1) is 29.6. The summed E-state index contributed by atoms with van der Waals surface area (Å²) in [7, 11) is 0. The van der Waals surface area contributed by atoms with E-state index in [0.717, 1.165) is 50.7 Å². The minimum absolute atomic E-state index is 0.107. The highest BCUT2D eigenvalue weighted by molar-refractivity contribution is 5.94. The number of oxime groups is 2. The van der Waals surface area contributed by atoms with Crippen LogP contribution in [0.4, 0.5) is 0 Å². The van der Waals surface area contributed by atoms with E-state index in [-0.39, 0.29) is 74.7 Å². The lowest BCUT2D eigenvalue weighted by Crippen LogP contribution is -2.67. The van der Waals surface area contributed by atoms with E-state index in [1.807, 2.05) is 0 Å². The lowest BCUT2D eigenvalue weighted by Gasteiger charge is -2.64. The van der Waals surface area contributed by atoms with Crippen LogP contribution in [0.15, 0.2) is 22.5 Å². The average molecular weight is 855 g/mol. The lowest BCUT2D eigenvalue weighted by molar-refractivity contribution is -0.227. The van der Waals surface area contributed by atoms with Crippen molar-refractivity contribution >= 4 is 34.9 Å². The Hall–Kier alpha value is -4.14. The van der Waals surface area contributed by atoms with Gasteiger partial charge in [0.15, 0.2) is 0 Å². The number of carbonyl (C=O) groups excluding carboxylic acids is 4. The van der Waals surface area contributed by atoms with Gasteiger partial charge in [0.1, 0.15) is 36.0 Å². The molecule has 4 unspecified atom stereocenters. The molecule has 336 valence electrons. The first-order valence-electron chi connectivity index (χ1n) is 23.3. The molecular weight excluding hydrogens is 789 g/mol. The van der Waals surface area contributed by atoms with Gasteiger partial charge in [-0.25, -0.2) is 9.59 Å². The Labute approximate surface area is 365 Å². The molecule has 0 saturated heterocycles. The second kappa shape index (κ2) is 16.4. The van der Waals surface area contributed by atoms with Gasteiger partial charge in [0, 0.05) is 72.6 Å². The number of Topliss-reactive ketones (excluding diaryl/α,β-unsaturated/α-hetero) is 2. The summed E-state index contributed by atoms with van der Waals surface area (Å²) in [6.07, 6.45) is 11.8. The Morgan fingerprint density at radius 2 is 1.05 bits per heavy atom. The number of nitriles is 2. The largest absolute Gasteiger partial charge is 0.454 e. The van der Waals surface area contributed by atoms with Crippen molar-refractivity contribution in [1.29, 1.82) is 10.5 Å². The lowest BCUT2D eigenvalue weighted by atomic mass is 9.41. The molecule has 8 rings (SSSR count). The van der Waals surface area contributed by atoms with Crippen LogP contribution in [0.1, 0.15) is 130 Å². The Morgan fingerprint density at radius 1 is 0.645 bits per heavy atom. The number of esters is 2. The zero-order valence-electron chi connectivity index (χ0n) is 37.1. The molecule has 62 heavy (non-hydrogen) atoms. The summed E-state index contributed by atoms with van der Waals surface area (Å²) in [4.78, 5) is 66.1. The van der Waals surface area contributed by atoms with Crippen LogP contribution in [0.25, 0.3) is 0 Å². The van der Waals surface area contributed by atoms with Crippen molar-refractivity contribution in [3.8, 4) is 12.1 Å². The van der Waals surface area contributed by atoms with E-state index in [2.05, 4.69) is 50.1 Å². The molecule has 0 spiro atoms. The van der Waals surface area contributed by atoms with E-state index in [1.165, 1.54) is 0 Å². The molecule has 0 radical (unpaired) electrons. The van der Waals surface area contributed by atoms with Gasteiger partial charge in [-0.05, 0) is 113 Å². The molecule has 0 amide bonds. The zero-order chi connectivity index (χ0) is 44.3. The van der Waals surface area contributed by atoms with Crippen LogP contribution in [-0.2, 0) is 38.3 Å². The van der Waals surface area contributed by atoms with Gasteiger partial charge in [-0.2, -0.15) is 10.5 Å². The molecule has 8 aliphatic rings. The Kier molecular flexibility index (Phi) is 11.8. The first kappa shape index (κ1) is 44.5. The predicted octanol–water partition coefficient (Wildman–Crippen LogP) is 6.26. The van der Waals surface area contributed by atoms with Crippen LogP contribution < -0.4 is 11.5 Å². The molecular formula is C48H66N6O8. The third-order valence-electron chi connectivity index (χ3n) is 18.8.